The summed E-state index contributed by atoms with van der Waals surface area (Å²) in [6.45, 7) is -1.48. The van der Waals surface area contributed by atoms with Crippen molar-refractivity contribution < 1.29 is 66.7 Å². The number of phosphoric ester groups is 2. The Morgan fingerprint density at radius 3 is 1.93 bits per heavy atom. The van der Waals surface area contributed by atoms with Gasteiger partial charge < -0.3 is 55.8 Å². The van der Waals surface area contributed by atoms with Crippen LogP contribution in [0.25, 0.3) is 0 Å². The molecule has 0 aromatic carbocycles. The fraction of sp³-hybridized carbons (Fsp3) is 0.545. The monoisotopic (exact) mass is 638 g/mol. The second-order valence-corrected chi connectivity index (χ2v) is 12.8. The first-order valence-corrected chi connectivity index (χ1v) is 15.5. The maximum absolute atomic E-state index is 12.4. The number of hydrogen-bond donors (Lipinski definition) is 7. The van der Waals surface area contributed by atoms with E-state index in [1.807, 2.05) is 0 Å². The molecule has 2 fully saturated rings. The normalized spacial score (nSPS) is 34.1. The maximum atomic E-state index is 12.4. The number of carbonyl (C=O) groups is 2. The van der Waals surface area contributed by atoms with E-state index in [0.29, 0.717) is 6.42 Å². The molecule has 234 valence electrons. The first-order valence-electron chi connectivity index (χ1n) is 12.6. The number of amides is 2. The summed E-state index contributed by atoms with van der Waals surface area (Å²) in [6, 6.07) is 0. The van der Waals surface area contributed by atoms with Crippen molar-refractivity contribution in [3.63, 3.8) is 0 Å². The van der Waals surface area contributed by atoms with Gasteiger partial charge in [0.2, 0.25) is 11.8 Å². The van der Waals surface area contributed by atoms with E-state index in [9.17, 15) is 43.8 Å². The molecule has 42 heavy (non-hydrogen) atoms. The molecule has 2 unspecified atom stereocenters. The number of nitrogens with zero attached hydrogens (tertiary/aromatic N) is 2. The summed E-state index contributed by atoms with van der Waals surface area (Å²) in [5.41, 5.74) is 11.0. The number of carbonyl (C=O) groups excluding carboxylic acids is 2. The quantitative estimate of drug-likeness (QED) is 0.118. The fourth-order valence-electron chi connectivity index (χ4n) is 4.54. The highest BCUT2D eigenvalue weighted by molar-refractivity contribution is 7.61. The topological polar surface area (TPSA) is 274 Å². The first kappa shape index (κ1) is 32.5. The molecular weight excluding hydrogens is 606 g/mol. The summed E-state index contributed by atoms with van der Waals surface area (Å²) in [5, 5.41) is 31.0. The van der Waals surface area contributed by atoms with Gasteiger partial charge in [-0.15, -0.1) is 0 Å². The van der Waals surface area contributed by atoms with Crippen molar-refractivity contribution in [1.29, 1.82) is 0 Å². The highest BCUT2D eigenvalue weighted by Crippen LogP contribution is 2.60. The van der Waals surface area contributed by atoms with Crippen molar-refractivity contribution in [2.45, 2.75) is 62.2 Å². The molecule has 9 N–H and O–H groups in total. The number of nitrogens with two attached hydrogens (primary N) is 2. The molecule has 0 aliphatic carbocycles. The average molecular weight is 638 g/mol. The van der Waals surface area contributed by atoms with E-state index >= 15 is 0 Å². The van der Waals surface area contributed by atoms with Crippen LogP contribution in [0.4, 0.5) is 0 Å². The molecule has 0 aromatic rings. The van der Waals surface area contributed by atoms with E-state index in [4.69, 9.17) is 30.0 Å². The molecule has 4 heterocycles. The van der Waals surface area contributed by atoms with Crippen LogP contribution in [0.5, 0.6) is 0 Å². The summed E-state index contributed by atoms with van der Waals surface area (Å²) in [5.74, 6) is -1.34. The van der Waals surface area contributed by atoms with Crippen LogP contribution >= 0.6 is 15.6 Å². The van der Waals surface area contributed by atoms with Crippen LogP contribution in [-0.4, -0.2) is 103 Å². The van der Waals surface area contributed by atoms with Gasteiger partial charge in [0.15, 0.2) is 12.5 Å². The Kier molecular flexibility index (Phi) is 10.1. The Labute approximate surface area is 239 Å². The Morgan fingerprint density at radius 1 is 0.857 bits per heavy atom. The smallest absolute Gasteiger partial charge is 0.388 e. The SMILES string of the molecule is NC(=O)C1=CN([C@@H]2O[C@H](COP(=O)(O)OP(=O)(O)OC[C@@H]3C[C@@H](O)[C@@H](N4C=CCC(C(N)=O)=C4)O3)[C@@H](O)[C@H]2O)C=CC1. The van der Waals surface area contributed by atoms with Gasteiger partial charge in [0.05, 0.1) is 19.3 Å². The fourth-order valence-corrected chi connectivity index (χ4v) is 6.65. The van der Waals surface area contributed by atoms with Crippen molar-refractivity contribution >= 4 is 27.5 Å². The van der Waals surface area contributed by atoms with Crippen LogP contribution in [0, 0.1) is 0 Å². The average Bonchev–Trinajstić information content (AvgIpc) is 3.44. The van der Waals surface area contributed by atoms with Crippen molar-refractivity contribution in [2.24, 2.45) is 11.5 Å². The second kappa shape index (κ2) is 13.1. The zero-order valence-electron chi connectivity index (χ0n) is 21.9. The molecule has 20 heteroatoms. The minimum absolute atomic E-state index is 0.0508. The number of allylic oxidation sites excluding steroid dienone is 2. The molecule has 9 atom stereocenters. The summed E-state index contributed by atoms with van der Waals surface area (Å²) < 4.78 is 49.6. The lowest BCUT2D eigenvalue weighted by Gasteiger charge is -2.28. The zero-order chi connectivity index (χ0) is 30.8. The number of ether oxygens (including phenoxy) is 2. The highest BCUT2D eigenvalue weighted by Gasteiger charge is 2.47. The van der Waals surface area contributed by atoms with Crippen molar-refractivity contribution in [2.75, 3.05) is 13.2 Å². The van der Waals surface area contributed by atoms with Crippen LogP contribution in [0.3, 0.4) is 0 Å². The van der Waals surface area contributed by atoms with Crippen LogP contribution < -0.4 is 11.5 Å². The first-order chi connectivity index (χ1) is 19.7. The number of aliphatic hydroxyl groups is 3. The van der Waals surface area contributed by atoms with E-state index in [0.717, 1.165) is 0 Å². The Morgan fingerprint density at radius 2 is 1.38 bits per heavy atom. The molecule has 4 aliphatic rings. The summed E-state index contributed by atoms with van der Waals surface area (Å²) in [7, 11) is -10.5. The lowest BCUT2D eigenvalue weighted by atomic mass is 10.1. The van der Waals surface area contributed by atoms with Gasteiger partial charge in [-0.25, -0.2) is 9.13 Å². The number of phosphoric acid groups is 2. The number of hydrogen-bond acceptors (Lipinski definition) is 14. The largest absolute Gasteiger partial charge is 0.481 e. The summed E-state index contributed by atoms with van der Waals surface area (Å²) >= 11 is 0. The molecular formula is C22H32N4O14P2. The third-order valence-electron chi connectivity index (χ3n) is 6.60. The van der Waals surface area contributed by atoms with E-state index in [-0.39, 0.29) is 24.0 Å². The number of aliphatic hydroxyl groups excluding tert-OH is 3. The van der Waals surface area contributed by atoms with Gasteiger partial charge in [-0.05, 0) is 12.8 Å². The minimum Gasteiger partial charge on any atom is -0.388 e. The second-order valence-electron chi connectivity index (χ2n) is 9.72. The minimum atomic E-state index is -5.28. The van der Waals surface area contributed by atoms with Gasteiger partial charge >= 0.3 is 15.6 Å². The van der Waals surface area contributed by atoms with Gasteiger partial charge in [0.1, 0.15) is 24.4 Å². The molecule has 18 nitrogen and oxygen atoms in total. The van der Waals surface area contributed by atoms with Crippen molar-refractivity contribution in [3.05, 3.63) is 48.1 Å². The lowest BCUT2D eigenvalue weighted by molar-refractivity contribution is -0.115. The molecule has 4 aliphatic heterocycles. The van der Waals surface area contributed by atoms with Gasteiger partial charge in [-0.2, -0.15) is 4.31 Å². The van der Waals surface area contributed by atoms with Crippen LogP contribution in [-0.2, 0) is 41.6 Å². The van der Waals surface area contributed by atoms with Crippen molar-refractivity contribution in [3.8, 4) is 0 Å². The molecule has 0 bridgehead atoms. The molecule has 4 rings (SSSR count). The molecule has 0 aromatic heterocycles. The standard InChI is InChI=1S/C22H32N4O14P2/c23-19(30)12-3-1-5-25(8-12)21-15(27)7-14(38-21)10-36-41(32,33)40-42(34,35)37-11-16-17(28)18(29)22(39-16)26-6-2-4-13(9-26)20(24)31/h1-2,5-6,8-9,14-18,21-22,27-29H,3-4,7,10-11H2,(H2,23,30)(H2,24,31)(H,32,33)(H,34,35)/t14-,15+,16+,17+,18+,21-,22+/m0/s1. The number of rotatable bonds is 12. The molecule has 0 saturated carbocycles. The molecule has 2 saturated heterocycles. The summed E-state index contributed by atoms with van der Waals surface area (Å²) in [4.78, 5) is 45.5. The Bertz CT molecular complexity index is 1270. The van der Waals surface area contributed by atoms with Gasteiger partial charge in [0.25, 0.3) is 0 Å². The van der Waals surface area contributed by atoms with Gasteiger partial charge in [0, 0.05) is 42.4 Å². The third kappa shape index (κ3) is 7.93. The lowest BCUT2D eigenvalue weighted by Crippen LogP contribution is -2.40. The van der Waals surface area contributed by atoms with E-state index in [1.165, 1.54) is 28.4 Å². The predicted octanol–water partition coefficient (Wildman–Crippen LogP) is -1.66. The van der Waals surface area contributed by atoms with Crippen LogP contribution in [0.2, 0.25) is 0 Å². The van der Waals surface area contributed by atoms with Crippen LogP contribution in [0.15, 0.2) is 48.1 Å². The maximum Gasteiger partial charge on any atom is 0.481 e. The van der Waals surface area contributed by atoms with Crippen molar-refractivity contribution in [1.82, 2.24) is 9.80 Å². The van der Waals surface area contributed by atoms with Crippen LogP contribution in [0.1, 0.15) is 19.3 Å². The Hall–Kier alpha value is -2.44. The molecule has 2 amide bonds. The zero-order valence-corrected chi connectivity index (χ0v) is 23.7. The van der Waals surface area contributed by atoms with E-state index in [2.05, 4.69) is 4.31 Å². The van der Waals surface area contributed by atoms with Gasteiger partial charge in [-0.1, -0.05) is 12.2 Å². The number of primary amides is 2. The van der Waals surface area contributed by atoms with E-state index < -0.39 is 83.6 Å². The molecule has 0 spiro atoms. The predicted molar refractivity (Wildman–Crippen MR) is 138 cm³/mol. The van der Waals surface area contributed by atoms with E-state index in [1.54, 1.807) is 18.4 Å². The molecule has 0 radical (unpaired) electrons. The summed E-state index contributed by atoms with van der Waals surface area (Å²) in [6.07, 6.45) is 0.710. The Balaban J connectivity index is 1.26. The highest BCUT2D eigenvalue weighted by atomic mass is 31.3. The third-order valence-corrected chi connectivity index (χ3v) is 9.20. The van der Waals surface area contributed by atoms with Gasteiger partial charge in [-0.3, -0.25) is 18.6 Å².